The highest BCUT2D eigenvalue weighted by Crippen LogP contribution is 2.39. The van der Waals surface area contributed by atoms with Crippen LogP contribution in [0, 0.1) is 0 Å². The van der Waals surface area contributed by atoms with Crippen molar-refractivity contribution in [1.82, 2.24) is 0 Å². The second-order valence-corrected chi connectivity index (χ2v) is 23.3. The predicted molar refractivity (Wildman–Crippen MR) is 316 cm³/mol. The Morgan fingerprint density at radius 3 is 0.814 bits per heavy atom. The van der Waals surface area contributed by atoms with Gasteiger partial charge in [-0.2, -0.15) is 0 Å². The van der Waals surface area contributed by atoms with Crippen LogP contribution in [0.5, 0.6) is 0 Å². The molecule has 0 aromatic heterocycles. The molecule has 0 fully saturated rings. The lowest BCUT2D eigenvalue weighted by molar-refractivity contribution is 0.795. The summed E-state index contributed by atoms with van der Waals surface area (Å²) in [5.41, 5.74) is 17.7. The van der Waals surface area contributed by atoms with E-state index in [-0.39, 0.29) is 21.8 Å². The zero-order chi connectivity index (χ0) is 49.2. The zero-order valence-corrected chi connectivity index (χ0v) is 45.1. The van der Waals surface area contributed by atoms with Gasteiger partial charge in [0.1, 0.15) is 25.0 Å². The summed E-state index contributed by atoms with van der Waals surface area (Å²) < 4.78 is 0. The minimum Gasteiger partial charge on any atom is -0.310 e. The van der Waals surface area contributed by atoms with Crippen molar-refractivity contribution < 1.29 is 0 Å². The lowest BCUT2D eigenvalue weighted by atomic mass is 10.0. The van der Waals surface area contributed by atoms with Crippen LogP contribution in [-0.2, 0) is 47.5 Å². The van der Waals surface area contributed by atoms with Crippen molar-refractivity contribution in [1.29, 1.82) is 0 Å². The Kier molecular flexibility index (Phi) is 19.7. The Hall–Kier alpha value is -5.68. The Morgan fingerprint density at radius 1 is 0.314 bits per heavy atom. The van der Waals surface area contributed by atoms with Gasteiger partial charge in [-0.05, 0) is 170 Å². The number of unbranched alkanes of at least 4 members (excludes halogenated alkanes) is 4. The summed E-state index contributed by atoms with van der Waals surface area (Å²) in [5.74, 6) is 0. The molecule has 0 amide bonds. The Balaban J connectivity index is 1.11. The fourth-order valence-corrected chi connectivity index (χ4v) is 11.0. The van der Waals surface area contributed by atoms with Crippen LogP contribution in [0.1, 0.15) is 124 Å². The predicted octanol–water partition coefficient (Wildman–Crippen LogP) is 18.8. The van der Waals surface area contributed by atoms with Crippen LogP contribution < -0.4 is 9.80 Å². The standard InChI is InChI=1S/C66H78N2S2/c1-9-13-17-51-27-39-59(40-28-51)67(60-41-29-52(30-42-60)18-14-10-2)63-47-37-57(65(49-63)69(5)6)35-25-55-21-23-56(24-22-55)26-36-58-38-48-64(50-66(58)70(7)8)68(61-43-31-53(32-44-61)19-15-11-3)62-45-33-54(34-46-62)20-16-12-4/h21-50H,9-20H2,1-8H3/q+2/b35-25+,36-26+. The van der Waals surface area contributed by atoms with Crippen LogP contribution in [0.25, 0.3) is 24.3 Å². The maximum absolute atomic E-state index is 2.43. The molecule has 0 saturated carbocycles. The summed E-state index contributed by atoms with van der Waals surface area (Å²) in [6.45, 7) is 9.06. The second kappa shape index (κ2) is 26.5. The zero-order valence-electron chi connectivity index (χ0n) is 43.5. The molecule has 2 nitrogen and oxygen atoms in total. The maximum Gasteiger partial charge on any atom is 0.163 e. The van der Waals surface area contributed by atoms with Gasteiger partial charge in [0.25, 0.3) is 0 Å². The summed E-state index contributed by atoms with van der Waals surface area (Å²) in [5, 5.41) is 0. The third kappa shape index (κ3) is 14.2. The van der Waals surface area contributed by atoms with Crippen LogP contribution in [0.4, 0.5) is 34.1 Å². The normalized spacial score (nSPS) is 11.7. The Labute approximate surface area is 429 Å². The number of nitrogens with zero attached hydrogens (tertiary/aromatic N) is 2. The molecule has 0 aliphatic rings. The molecule has 7 aromatic carbocycles. The molecule has 70 heavy (non-hydrogen) atoms. The van der Waals surface area contributed by atoms with Crippen LogP contribution in [0.3, 0.4) is 0 Å². The van der Waals surface area contributed by atoms with Gasteiger partial charge in [0, 0.05) is 67.8 Å². The second-order valence-electron chi connectivity index (χ2n) is 19.2. The average molecular weight is 963 g/mol. The molecule has 0 aliphatic heterocycles. The number of benzene rings is 7. The van der Waals surface area contributed by atoms with E-state index in [1.165, 1.54) is 140 Å². The molecule has 4 heteroatoms. The van der Waals surface area contributed by atoms with Crippen molar-refractivity contribution in [3.8, 4) is 0 Å². The molecule has 0 unspecified atom stereocenters. The van der Waals surface area contributed by atoms with E-state index >= 15 is 0 Å². The molecular weight excluding hydrogens is 885 g/mol. The summed E-state index contributed by atoms with van der Waals surface area (Å²) in [7, 11) is 0.0983. The van der Waals surface area contributed by atoms with Crippen molar-refractivity contribution in [2.24, 2.45) is 0 Å². The van der Waals surface area contributed by atoms with E-state index in [2.05, 4.69) is 245 Å². The van der Waals surface area contributed by atoms with E-state index in [1.807, 2.05) is 0 Å². The monoisotopic (exact) mass is 963 g/mol. The van der Waals surface area contributed by atoms with E-state index in [0.717, 1.165) is 25.7 Å². The first kappa shape index (κ1) is 52.2. The lowest BCUT2D eigenvalue weighted by Crippen LogP contribution is -2.11. The fourth-order valence-electron chi connectivity index (χ4n) is 9.06. The van der Waals surface area contributed by atoms with Gasteiger partial charge in [0.05, 0.1) is 11.4 Å². The first-order valence-electron chi connectivity index (χ1n) is 26.0. The molecule has 7 rings (SSSR count). The van der Waals surface area contributed by atoms with Crippen molar-refractivity contribution in [2.75, 3.05) is 34.8 Å². The average Bonchev–Trinajstić information content (AvgIpc) is 3.39. The van der Waals surface area contributed by atoms with Gasteiger partial charge in [0.15, 0.2) is 9.79 Å². The quantitative estimate of drug-likeness (QED) is 0.0440. The number of anilines is 6. The maximum atomic E-state index is 2.43. The summed E-state index contributed by atoms with van der Waals surface area (Å²) in [6, 6.07) is 60.0. The van der Waals surface area contributed by atoms with Crippen LogP contribution in [-0.4, -0.2) is 25.0 Å². The van der Waals surface area contributed by atoms with E-state index in [4.69, 9.17) is 0 Å². The van der Waals surface area contributed by atoms with Gasteiger partial charge in [0.2, 0.25) is 0 Å². The highest BCUT2D eigenvalue weighted by molar-refractivity contribution is 7.95. The molecular formula is C66H78N2S2+2. The molecule has 7 aromatic rings. The minimum atomic E-state index is 0.0492. The van der Waals surface area contributed by atoms with Gasteiger partial charge in [-0.25, -0.2) is 0 Å². The largest absolute Gasteiger partial charge is 0.310 e. The van der Waals surface area contributed by atoms with Gasteiger partial charge in [-0.1, -0.05) is 138 Å². The molecule has 0 spiro atoms. The van der Waals surface area contributed by atoms with Crippen LogP contribution >= 0.6 is 0 Å². The molecule has 0 atom stereocenters. The summed E-state index contributed by atoms with van der Waals surface area (Å²) >= 11 is 0. The van der Waals surface area contributed by atoms with E-state index in [0.29, 0.717) is 0 Å². The van der Waals surface area contributed by atoms with Gasteiger partial charge in [-0.3, -0.25) is 0 Å². The Bertz CT molecular complexity index is 2430. The van der Waals surface area contributed by atoms with Gasteiger partial charge >= 0.3 is 0 Å². The SMILES string of the molecule is CCCCc1ccc(N(c2ccc(CCCC)cc2)c2ccc(/C=C/c3ccc(/C=C/c4ccc(N(c5ccc(CCCC)cc5)c5ccc(CCCC)cc5)cc4[S+](C)C)cc3)c([S+](C)C)c2)cc1. The number of rotatable bonds is 24. The number of hydrogen-bond acceptors (Lipinski definition) is 2. The van der Waals surface area contributed by atoms with Crippen molar-refractivity contribution in [3.05, 3.63) is 202 Å². The van der Waals surface area contributed by atoms with E-state index in [9.17, 15) is 0 Å². The molecule has 0 radical (unpaired) electrons. The van der Waals surface area contributed by atoms with Crippen molar-refractivity contribution >= 4 is 80.2 Å². The van der Waals surface area contributed by atoms with Gasteiger partial charge < -0.3 is 9.80 Å². The van der Waals surface area contributed by atoms with Crippen molar-refractivity contribution in [3.63, 3.8) is 0 Å². The smallest absolute Gasteiger partial charge is 0.163 e. The highest BCUT2D eigenvalue weighted by atomic mass is 32.2. The minimum absolute atomic E-state index is 0.0492. The van der Waals surface area contributed by atoms with Crippen LogP contribution in [0.15, 0.2) is 168 Å². The first-order valence-corrected chi connectivity index (χ1v) is 30.1. The fraction of sp³-hybridized carbons (Fsp3) is 0.303. The highest BCUT2D eigenvalue weighted by Gasteiger charge is 2.21. The van der Waals surface area contributed by atoms with E-state index < -0.39 is 0 Å². The molecule has 0 saturated heterocycles. The molecule has 0 bridgehead atoms. The summed E-state index contributed by atoms with van der Waals surface area (Å²) in [4.78, 5) is 7.60. The summed E-state index contributed by atoms with van der Waals surface area (Å²) in [6.07, 6.45) is 32.7. The molecule has 0 heterocycles. The third-order valence-electron chi connectivity index (χ3n) is 13.3. The molecule has 0 aliphatic carbocycles. The van der Waals surface area contributed by atoms with Gasteiger partial charge in [-0.15, -0.1) is 0 Å². The van der Waals surface area contributed by atoms with Crippen LogP contribution in [0.2, 0.25) is 0 Å². The molecule has 0 N–H and O–H groups in total. The lowest BCUT2D eigenvalue weighted by Gasteiger charge is -2.26. The van der Waals surface area contributed by atoms with Crippen molar-refractivity contribution in [2.45, 2.75) is 115 Å². The number of aryl methyl sites for hydroxylation is 4. The molecule has 362 valence electrons. The Morgan fingerprint density at radius 2 is 0.571 bits per heavy atom. The first-order chi connectivity index (χ1) is 34.2. The van der Waals surface area contributed by atoms with E-state index in [1.54, 1.807) is 0 Å². The third-order valence-corrected chi connectivity index (χ3v) is 15.8. The topological polar surface area (TPSA) is 6.48 Å². The number of hydrogen-bond donors (Lipinski definition) is 0.